The molecule has 1 aromatic rings. The van der Waals surface area contributed by atoms with E-state index in [0.29, 0.717) is 24.0 Å². The summed E-state index contributed by atoms with van der Waals surface area (Å²) in [5, 5.41) is 9.47. The first-order chi connectivity index (χ1) is 8.94. The zero-order chi connectivity index (χ0) is 14.2. The Bertz CT molecular complexity index is 508. The van der Waals surface area contributed by atoms with Crippen LogP contribution in [-0.4, -0.2) is 18.2 Å². The van der Waals surface area contributed by atoms with Crippen LogP contribution in [-0.2, 0) is 10.2 Å². The Labute approximate surface area is 110 Å². The van der Waals surface area contributed by atoms with Crippen molar-refractivity contribution in [3.63, 3.8) is 0 Å². The van der Waals surface area contributed by atoms with Crippen molar-refractivity contribution < 1.29 is 23.4 Å². The second-order valence-electron chi connectivity index (χ2n) is 4.92. The molecule has 0 heterocycles. The van der Waals surface area contributed by atoms with Gasteiger partial charge in [-0.2, -0.15) is 0 Å². The van der Waals surface area contributed by atoms with E-state index in [-0.39, 0.29) is 11.3 Å². The van der Waals surface area contributed by atoms with Gasteiger partial charge in [-0.3, -0.25) is 4.79 Å². The van der Waals surface area contributed by atoms with Crippen molar-refractivity contribution >= 4 is 5.97 Å². The maximum Gasteiger partial charge on any atom is 0.314 e. The highest BCUT2D eigenvalue weighted by atomic mass is 19.3. The lowest BCUT2D eigenvalue weighted by molar-refractivity contribution is -0.147. The van der Waals surface area contributed by atoms with Gasteiger partial charge in [0.1, 0.15) is 5.75 Å². The number of hydrogen-bond donors (Lipinski definition) is 1. The number of alkyl halides is 2. The number of aryl methyl sites for hydroxylation is 1. The number of rotatable bonds is 4. The van der Waals surface area contributed by atoms with Gasteiger partial charge in [0.25, 0.3) is 6.43 Å². The van der Waals surface area contributed by atoms with E-state index in [4.69, 9.17) is 4.74 Å². The van der Waals surface area contributed by atoms with Gasteiger partial charge >= 0.3 is 5.97 Å². The van der Waals surface area contributed by atoms with Crippen molar-refractivity contribution in [3.05, 3.63) is 28.8 Å². The van der Waals surface area contributed by atoms with E-state index in [9.17, 15) is 18.7 Å². The minimum atomic E-state index is -2.68. The Morgan fingerprint density at radius 2 is 2.05 bits per heavy atom. The van der Waals surface area contributed by atoms with E-state index in [1.54, 1.807) is 13.0 Å². The zero-order valence-electron chi connectivity index (χ0n) is 10.9. The molecule has 5 heteroatoms. The summed E-state index contributed by atoms with van der Waals surface area (Å²) in [5.41, 5.74) is -0.217. The maximum absolute atomic E-state index is 13.0. The molecule has 3 nitrogen and oxygen atoms in total. The van der Waals surface area contributed by atoms with Gasteiger partial charge < -0.3 is 9.84 Å². The van der Waals surface area contributed by atoms with Crippen molar-refractivity contribution in [1.82, 2.24) is 0 Å². The normalized spacial score (nSPS) is 17.1. The first-order valence-corrected chi connectivity index (χ1v) is 6.13. The Hall–Kier alpha value is -1.65. The van der Waals surface area contributed by atoms with Gasteiger partial charge in [-0.25, -0.2) is 8.78 Å². The quantitative estimate of drug-likeness (QED) is 0.911. The predicted molar refractivity (Wildman–Crippen MR) is 65.9 cm³/mol. The number of ether oxygens (including phenoxy) is 1. The summed E-state index contributed by atoms with van der Waals surface area (Å²) in [7, 11) is 1.30. The Morgan fingerprint density at radius 3 is 2.42 bits per heavy atom. The van der Waals surface area contributed by atoms with Crippen molar-refractivity contribution in [3.8, 4) is 5.75 Å². The molecule has 0 saturated heterocycles. The largest absolute Gasteiger partial charge is 0.496 e. The summed E-state index contributed by atoms with van der Waals surface area (Å²) >= 11 is 0. The number of aliphatic carboxylic acids is 1. The average molecular weight is 270 g/mol. The molecule has 0 aliphatic heterocycles. The van der Waals surface area contributed by atoms with Gasteiger partial charge in [0, 0.05) is 5.56 Å². The van der Waals surface area contributed by atoms with Crippen LogP contribution in [0.1, 0.15) is 42.4 Å². The highest BCUT2D eigenvalue weighted by Gasteiger charge is 2.49. The Morgan fingerprint density at radius 1 is 1.42 bits per heavy atom. The first-order valence-electron chi connectivity index (χ1n) is 6.13. The Kier molecular flexibility index (Phi) is 3.47. The molecule has 2 rings (SSSR count). The average Bonchev–Trinajstić information content (AvgIpc) is 2.28. The van der Waals surface area contributed by atoms with E-state index >= 15 is 0 Å². The molecule has 0 radical (unpaired) electrons. The van der Waals surface area contributed by atoms with E-state index in [2.05, 4.69) is 0 Å². The molecule has 104 valence electrons. The summed E-state index contributed by atoms with van der Waals surface area (Å²) in [6, 6.07) is 2.85. The van der Waals surface area contributed by atoms with Gasteiger partial charge in [-0.15, -0.1) is 0 Å². The van der Waals surface area contributed by atoms with Crippen LogP contribution in [0.5, 0.6) is 5.75 Å². The number of hydrogen-bond acceptors (Lipinski definition) is 2. The topological polar surface area (TPSA) is 46.5 Å². The molecule has 0 spiro atoms. The van der Waals surface area contributed by atoms with E-state index in [1.165, 1.54) is 13.2 Å². The second-order valence-corrected chi connectivity index (χ2v) is 4.92. The Balaban J connectivity index is 2.68. The van der Waals surface area contributed by atoms with Crippen LogP contribution < -0.4 is 4.74 Å². The van der Waals surface area contributed by atoms with Crippen molar-refractivity contribution in [2.24, 2.45) is 0 Å². The maximum atomic E-state index is 13.0. The second kappa shape index (κ2) is 4.79. The smallest absolute Gasteiger partial charge is 0.314 e. The third-order valence-electron chi connectivity index (χ3n) is 3.93. The predicted octanol–water partition coefficient (Wildman–Crippen LogP) is 3.45. The summed E-state index contributed by atoms with van der Waals surface area (Å²) in [6.07, 6.45) is -0.966. The highest BCUT2D eigenvalue weighted by Crippen LogP contribution is 2.50. The molecule has 1 N–H and O–H groups in total. The van der Waals surface area contributed by atoms with Gasteiger partial charge in [0.15, 0.2) is 0 Å². The molecule has 1 fully saturated rings. The molecule has 19 heavy (non-hydrogen) atoms. The van der Waals surface area contributed by atoms with E-state index in [0.717, 1.165) is 6.42 Å². The highest BCUT2D eigenvalue weighted by molar-refractivity contribution is 5.84. The van der Waals surface area contributed by atoms with Gasteiger partial charge in [0.2, 0.25) is 0 Å². The lowest BCUT2D eigenvalue weighted by atomic mass is 9.63. The molecule has 0 unspecified atom stereocenters. The minimum absolute atomic E-state index is 0.0251. The van der Waals surface area contributed by atoms with Crippen LogP contribution in [0.15, 0.2) is 12.1 Å². The first kappa shape index (κ1) is 13.8. The summed E-state index contributed by atoms with van der Waals surface area (Å²) in [6.45, 7) is 1.73. The molecule has 0 bridgehead atoms. The van der Waals surface area contributed by atoms with E-state index < -0.39 is 17.8 Å². The number of methoxy groups -OCH3 is 1. The van der Waals surface area contributed by atoms with Crippen molar-refractivity contribution in [2.75, 3.05) is 7.11 Å². The molecular formula is C14H16F2O3. The standard InChI is InChI=1S/C14H16F2O3/c1-8-4-5-9(12(15)16)11(19-2)10(8)14(13(17)18)6-3-7-14/h4-5,12H,3,6-7H2,1-2H3,(H,17,18). The zero-order valence-corrected chi connectivity index (χ0v) is 10.9. The monoisotopic (exact) mass is 270 g/mol. The number of benzene rings is 1. The summed E-state index contributed by atoms with van der Waals surface area (Å²) < 4.78 is 31.1. The number of carboxylic acid groups (broad SMARTS) is 1. The van der Waals surface area contributed by atoms with Crippen molar-refractivity contribution in [1.29, 1.82) is 0 Å². The summed E-state index contributed by atoms with van der Waals surface area (Å²) in [4.78, 5) is 11.6. The number of carboxylic acids is 1. The fraction of sp³-hybridized carbons (Fsp3) is 0.500. The van der Waals surface area contributed by atoms with Crippen LogP contribution in [0.2, 0.25) is 0 Å². The van der Waals surface area contributed by atoms with Crippen molar-refractivity contribution in [2.45, 2.75) is 38.0 Å². The molecule has 1 aromatic carbocycles. The molecule has 0 aromatic heterocycles. The lowest BCUT2D eigenvalue weighted by Crippen LogP contribution is -2.43. The van der Waals surface area contributed by atoms with Crippen LogP contribution in [0, 0.1) is 6.92 Å². The fourth-order valence-electron chi connectivity index (χ4n) is 2.78. The van der Waals surface area contributed by atoms with Gasteiger partial charge in [-0.1, -0.05) is 12.5 Å². The van der Waals surface area contributed by atoms with Gasteiger partial charge in [-0.05, 0) is 31.4 Å². The molecule has 1 aliphatic rings. The number of halogens is 2. The van der Waals surface area contributed by atoms with Crippen LogP contribution in [0.4, 0.5) is 8.78 Å². The van der Waals surface area contributed by atoms with Crippen LogP contribution >= 0.6 is 0 Å². The molecular weight excluding hydrogens is 254 g/mol. The lowest BCUT2D eigenvalue weighted by Gasteiger charge is -2.40. The minimum Gasteiger partial charge on any atom is -0.496 e. The SMILES string of the molecule is COc1c(C(F)F)ccc(C)c1C1(C(=O)O)CCC1. The van der Waals surface area contributed by atoms with E-state index in [1.807, 2.05) is 0 Å². The third kappa shape index (κ3) is 1.97. The molecule has 1 saturated carbocycles. The van der Waals surface area contributed by atoms with Crippen LogP contribution in [0.3, 0.4) is 0 Å². The van der Waals surface area contributed by atoms with Crippen LogP contribution in [0.25, 0.3) is 0 Å². The fourth-order valence-corrected chi connectivity index (χ4v) is 2.78. The molecule has 0 amide bonds. The summed E-state index contributed by atoms with van der Waals surface area (Å²) in [5.74, 6) is -0.941. The molecule has 1 aliphatic carbocycles. The molecule has 0 atom stereocenters. The third-order valence-corrected chi connectivity index (χ3v) is 3.93. The van der Waals surface area contributed by atoms with Gasteiger partial charge in [0.05, 0.1) is 18.1 Å². The number of carbonyl (C=O) groups is 1.